The number of aromatic nitrogens is 5. The number of rotatable bonds is 9. The van der Waals surface area contributed by atoms with Crippen LogP contribution in [0.4, 0.5) is 0 Å². The number of H-pyrrole nitrogens is 1. The molecule has 0 amide bonds. The molecule has 0 bridgehead atoms. The number of fused-ring (bicyclic) bond motifs is 1. The van der Waals surface area contributed by atoms with Crippen molar-refractivity contribution < 1.29 is 13.2 Å². The molecule has 36 heavy (non-hydrogen) atoms. The second-order valence-corrected chi connectivity index (χ2v) is 11.3. The molecule has 0 radical (unpaired) electrons. The molecule has 11 nitrogen and oxygen atoms in total. The van der Waals surface area contributed by atoms with Gasteiger partial charge >= 0.3 is 0 Å². The summed E-state index contributed by atoms with van der Waals surface area (Å²) in [5.74, 6) is 1.04. The highest BCUT2D eigenvalue weighted by Gasteiger charge is 2.30. The topological polar surface area (TPSA) is 126 Å². The zero-order valence-electron chi connectivity index (χ0n) is 21.0. The zero-order chi connectivity index (χ0) is 25.4. The van der Waals surface area contributed by atoms with E-state index in [1.807, 2.05) is 18.5 Å². The van der Waals surface area contributed by atoms with Crippen LogP contribution in [-0.2, 0) is 23.0 Å². The molecule has 2 aliphatic rings. The van der Waals surface area contributed by atoms with E-state index >= 15 is 0 Å². The highest BCUT2D eigenvalue weighted by atomic mass is 32.2. The smallest absolute Gasteiger partial charge is 0.279 e. The van der Waals surface area contributed by atoms with Crippen molar-refractivity contribution in [1.82, 2.24) is 33.9 Å². The van der Waals surface area contributed by atoms with E-state index in [1.165, 1.54) is 29.4 Å². The molecular weight excluding hydrogens is 482 g/mol. The number of aryl methyl sites for hydroxylation is 1. The Kier molecular flexibility index (Phi) is 6.84. The summed E-state index contributed by atoms with van der Waals surface area (Å²) < 4.78 is 36.0. The van der Waals surface area contributed by atoms with Gasteiger partial charge in [-0.3, -0.25) is 9.48 Å². The van der Waals surface area contributed by atoms with Gasteiger partial charge in [0.25, 0.3) is 5.56 Å². The van der Waals surface area contributed by atoms with Crippen molar-refractivity contribution >= 4 is 21.1 Å². The Labute approximate surface area is 210 Å². The molecule has 3 aromatic rings. The minimum absolute atomic E-state index is 0.0498. The predicted molar refractivity (Wildman–Crippen MR) is 136 cm³/mol. The van der Waals surface area contributed by atoms with Gasteiger partial charge in [0.1, 0.15) is 16.2 Å². The molecular formula is C24H33N7O4S. The molecule has 1 N–H and O–H groups in total. The highest BCUT2D eigenvalue weighted by Crippen LogP contribution is 2.33. The van der Waals surface area contributed by atoms with E-state index in [1.54, 1.807) is 0 Å². The molecule has 5 rings (SSSR count). The van der Waals surface area contributed by atoms with Crippen molar-refractivity contribution in [2.45, 2.75) is 51.5 Å². The van der Waals surface area contributed by atoms with E-state index in [0.29, 0.717) is 61.7 Å². The number of hydrogen-bond acceptors (Lipinski definition) is 8. The summed E-state index contributed by atoms with van der Waals surface area (Å²) in [5.41, 5.74) is 1.68. The lowest BCUT2D eigenvalue weighted by Gasteiger charge is -2.33. The maximum atomic E-state index is 13.4. The van der Waals surface area contributed by atoms with Gasteiger partial charge in [-0.2, -0.15) is 9.40 Å². The van der Waals surface area contributed by atoms with E-state index in [4.69, 9.17) is 9.72 Å². The second-order valence-electron chi connectivity index (χ2n) is 9.33. The number of aromatic amines is 1. The summed E-state index contributed by atoms with van der Waals surface area (Å²) >= 11 is 0. The van der Waals surface area contributed by atoms with Crippen molar-refractivity contribution in [2.24, 2.45) is 5.92 Å². The Morgan fingerprint density at radius 3 is 2.50 bits per heavy atom. The quantitative estimate of drug-likeness (QED) is 0.458. The summed E-state index contributed by atoms with van der Waals surface area (Å²) in [6, 6.07) is 1.50. The van der Waals surface area contributed by atoms with Crippen LogP contribution in [0, 0.1) is 5.92 Å². The maximum Gasteiger partial charge on any atom is 0.279 e. The van der Waals surface area contributed by atoms with Gasteiger partial charge in [0, 0.05) is 32.7 Å². The minimum atomic E-state index is -3.77. The molecule has 0 atom stereocenters. The number of nitrogens with one attached hydrogen (secondary N) is 1. The van der Waals surface area contributed by atoms with Gasteiger partial charge in [-0.15, -0.1) is 0 Å². The molecule has 0 unspecified atom stereocenters. The average molecular weight is 516 g/mol. The Hall–Kier alpha value is -2.83. The first-order valence-electron chi connectivity index (χ1n) is 12.7. The van der Waals surface area contributed by atoms with Gasteiger partial charge in [-0.25, -0.2) is 18.4 Å². The van der Waals surface area contributed by atoms with Gasteiger partial charge in [0.2, 0.25) is 15.9 Å². The molecule has 1 aliphatic carbocycles. The summed E-state index contributed by atoms with van der Waals surface area (Å²) in [6.07, 6.45) is 4.34. The normalized spacial score (nSPS) is 17.6. The van der Waals surface area contributed by atoms with Gasteiger partial charge in [0.15, 0.2) is 5.52 Å². The van der Waals surface area contributed by atoms with Crippen molar-refractivity contribution in [2.75, 3.05) is 39.3 Å². The van der Waals surface area contributed by atoms with E-state index in [-0.39, 0.29) is 22.2 Å². The van der Waals surface area contributed by atoms with Crippen molar-refractivity contribution in [3.05, 3.63) is 28.3 Å². The minimum Gasteiger partial charge on any atom is -0.477 e. The maximum absolute atomic E-state index is 13.4. The number of likely N-dealkylation sites (N-methyl/N-ethyl adjacent to an activating group) is 1. The molecule has 3 aromatic heterocycles. The summed E-state index contributed by atoms with van der Waals surface area (Å²) in [5, 5.41) is 4.54. The lowest BCUT2D eigenvalue weighted by atomic mass is 10.2. The van der Waals surface area contributed by atoms with Crippen molar-refractivity contribution in [3.63, 3.8) is 0 Å². The van der Waals surface area contributed by atoms with Crippen LogP contribution in [0.3, 0.4) is 0 Å². The SMILES string of the molecule is CCOc1ncc(S(=O)(=O)N2CCN(CC)CC2)cc1-c1nc2c(CC)n(CC3CC3)nc2c(=O)[nH]1. The fraction of sp³-hybridized carbons (Fsp3) is 0.583. The Morgan fingerprint density at radius 1 is 1.11 bits per heavy atom. The molecule has 194 valence electrons. The first kappa shape index (κ1) is 24.8. The molecule has 12 heteroatoms. The summed E-state index contributed by atoms with van der Waals surface area (Å²) in [6.45, 7) is 10.1. The molecule has 1 saturated heterocycles. The van der Waals surface area contributed by atoms with Crippen LogP contribution in [0.5, 0.6) is 5.88 Å². The largest absolute Gasteiger partial charge is 0.477 e. The first-order valence-corrected chi connectivity index (χ1v) is 14.1. The van der Waals surface area contributed by atoms with Gasteiger partial charge in [-0.1, -0.05) is 13.8 Å². The summed E-state index contributed by atoms with van der Waals surface area (Å²) in [4.78, 5) is 27.2. The number of piperazine rings is 1. The van der Waals surface area contributed by atoms with E-state index < -0.39 is 10.0 Å². The lowest BCUT2D eigenvalue weighted by Crippen LogP contribution is -2.48. The van der Waals surface area contributed by atoms with Crippen molar-refractivity contribution in [1.29, 1.82) is 0 Å². The fourth-order valence-electron chi connectivity index (χ4n) is 4.67. The highest BCUT2D eigenvalue weighted by molar-refractivity contribution is 7.89. The predicted octanol–water partition coefficient (Wildman–Crippen LogP) is 1.88. The molecule has 2 fully saturated rings. The standard InChI is InChI=1S/C24H33N7O4S/c1-4-19-20-21(28-31(19)15-16-7-8-16)23(32)27-22(26-20)18-13-17(14-25-24(18)35-6-3)36(33,34)30-11-9-29(5-2)10-12-30/h13-14,16H,4-12,15H2,1-3H3,(H,26,27,32). The third-order valence-corrected chi connectivity index (χ3v) is 8.81. The van der Waals surface area contributed by atoms with Gasteiger partial charge < -0.3 is 14.6 Å². The van der Waals surface area contributed by atoms with Gasteiger partial charge in [0.05, 0.1) is 24.1 Å². The third-order valence-electron chi connectivity index (χ3n) is 6.94. The number of sulfonamides is 1. The van der Waals surface area contributed by atoms with Crippen LogP contribution >= 0.6 is 0 Å². The number of pyridine rings is 1. The number of nitrogens with zero attached hydrogens (tertiary/aromatic N) is 6. The third kappa shape index (κ3) is 4.64. The molecule has 1 saturated carbocycles. The Bertz CT molecular complexity index is 1420. The average Bonchev–Trinajstić information content (AvgIpc) is 3.63. The summed E-state index contributed by atoms with van der Waals surface area (Å²) in [7, 11) is -3.77. The molecule has 1 aliphatic heterocycles. The fourth-order valence-corrected chi connectivity index (χ4v) is 6.06. The van der Waals surface area contributed by atoms with Crippen LogP contribution in [0.25, 0.3) is 22.4 Å². The first-order chi connectivity index (χ1) is 17.3. The van der Waals surface area contributed by atoms with Crippen LogP contribution in [0.1, 0.15) is 39.3 Å². The van der Waals surface area contributed by atoms with Gasteiger partial charge in [-0.05, 0) is 44.7 Å². The van der Waals surface area contributed by atoms with E-state index in [9.17, 15) is 13.2 Å². The Balaban J connectivity index is 1.58. The number of ether oxygens (including phenoxy) is 1. The number of hydrogen-bond donors (Lipinski definition) is 1. The van der Waals surface area contributed by atoms with Crippen LogP contribution in [-0.4, -0.2) is 81.7 Å². The second kappa shape index (κ2) is 9.91. The molecule has 0 aromatic carbocycles. The van der Waals surface area contributed by atoms with E-state index in [0.717, 1.165) is 18.8 Å². The van der Waals surface area contributed by atoms with E-state index in [2.05, 4.69) is 26.9 Å². The van der Waals surface area contributed by atoms with Crippen LogP contribution in [0.2, 0.25) is 0 Å². The van der Waals surface area contributed by atoms with Crippen LogP contribution in [0.15, 0.2) is 22.0 Å². The lowest BCUT2D eigenvalue weighted by molar-refractivity contribution is 0.196. The molecule has 0 spiro atoms. The molecule has 4 heterocycles. The monoisotopic (exact) mass is 515 g/mol. The van der Waals surface area contributed by atoms with Crippen molar-refractivity contribution in [3.8, 4) is 17.3 Å². The Morgan fingerprint density at radius 2 is 1.86 bits per heavy atom. The zero-order valence-corrected chi connectivity index (χ0v) is 21.8. The van der Waals surface area contributed by atoms with Crippen LogP contribution < -0.4 is 10.3 Å².